The van der Waals surface area contributed by atoms with Crippen LogP contribution in [-0.4, -0.2) is 91.6 Å². The first-order chi connectivity index (χ1) is 14.7. The summed E-state index contributed by atoms with van der Waals surface area (Å²) in [7, 11) is -3.55. The molecule has 2 fully saturated rings. The topological polar surface area (TPSA) is 85.8 Å². The molecule has 2 atom stereocenters. The molecule has 0 saturated carbocycles. The Balaban J connectivity index is 1.35. The number of carbonyl (C=O) groups is 1. The number of nitrogens with zero attached hydrogens (tertiary/aromatic N) is 5. The van der Waals surface area contributed by atoms with Gasteiger partial charge in [-0.2, -0.15) is 22.1 Å². The number of hydrogen-bond donors (Lipinski definition) is 0. The molecule has 0 spiro atoms. The third-order valence-corrected chi connectivity index (χ3v) is 7.92. The van der Waals surface area contributed by atoms with Crippen molar-refractivity contribution in [1.82, 2.24) is 13.5 Å². The van der Waals surface area contributed by atoms with Gasteiger partial charge in [-0.05, 0) is 45.0 Å². The van der Waals surface area contributed by atoms with Gasteiger partial charge in [-0.25, -0.2) is 0 Å². The maximum Gasteiger partial charge on any atom is 0.282 e. The van der Waals surface area contributed by atoms with E-state index in [1.165, 1.54) is 8.61 Å². The summed E-state index contributed by atoms with van der Waals surface area (Å²) in [5.74, 6) is -0.0710. The molecule has 0 aromatic heterocycles. The fourth-order valence-corrected chi connectivity index (χ4v) is 6.07. The average Bonchev–Trinajstić information content (AvgIpc) is 3.19. The van der Waals surface area contributed by atoms with Gasteiger partial charge in [0.1, 0.15) is 0 Å². The molecule has 10 heteroatoms. The first-order valence-corrected chi connectivity index (χ1v) is 12.3. The zero-order chi connectivity index (χ0) is 22.2. The molecule has 2 saturated heterocycles. The Labute approximate surface area is 184 Å². The van der Waals surface area contributed by atoms with E-state index in [0.717, 1.165) is 24.4 Å². The van der Waals surface area contributed by atoms with Crippen LogP contribution in [0.5, 0.6) is 0 Å². The molecule has 1 amide bonds. The van der Waals surface area contributed by atoms with Crippen molar-refractivity contribution in [3.8, 4) is 0 Å². The van der Waals surface area contributed by atoms with E-state index in [1.54, 1.807) is 4.90 Å². The van der Waals surface area contributed by atoms with Crippen LogP contribution in [0.4, 0.5) is 5.69 Å². The normalized spacial score (nSPS) is 26.2. The van der Waals surface area contributed by atoms with Gasteiger partial charge in [-0.1, -0.05) is 0 Å². The molecule has 3 aliphatic heterocycles. The van der Waals surface area contributed by atoms with E-state index in [-0.39, 0.29) is 18.1 Å². The Morgan fingerprint density at radius 3 is 2.13 bits per heavy atom. The molecule has 0 N–H and O–H groups in total. The molecule has 170 valence electrons. The Hall–Kier alpha value is -2.01. The van der Waals surface area contributed by atoms with Crippen LogP contribution in [-0.2, 0) is 14.9 Å². The maximum atomic E-state index is 13.0. The Morgan fingerprint density at radius 1 is 0.968 bits per heavy atom. The van der Waals surface area contributed by atoms with Gasteiger partial charge in [-0.3, -0.25) is 9.80 Å². The molecule has 0 radical (unpaired) electrons. The van der Waals surface area contributed by atoms with Crippen LogP contribution in [0.3, 0.4) is 0 Å². The second-order valence-corrected chi connectivity index (χ2v) is 10.5. The van der Waals surface area contributed by atoms with Gasteiger partial charge in [0.05, 0.1) is 17.9 Å². The van der Waals surface area contributed by atoms with Crippen molar-refractivity contribution in [2.75, 3.05) is 50.8 Å². The van der Waals surface area contributed by atoms with Crippen molar-refractivity contribution in [2.24, 2.45) is 5.10 Å². The summed E-state index contributed by atoms with van der Waals surface area (Å²) in [4.78, 5) is 14.6. The van der Waals surface area contributed by atoms with Crippen LogP contribution >= 0.6 is 0 Å². The summed E-state index contributed by atoms with van der Waals surface area (Å²) in [5.41, 5.74) is 2.68. The third kappa shape index (κ3) is 4.77. The van der Waals surface area contributed by atoms with Crippen molar-refractivity contribution in [1.29, 1.82) is 0 Å². The zero-order valence-electron chi connectivity index (χ0n) is 18.4. The summed E-state index contributed by atoms with van der Waals surface area (Å²) in [6.45, 7) is 8.72. The Morgan fingerprint density at radius 2 is 1.58 bits per heavy atom. The van der Waals surface area contributed by atoms with Gasteiger partial charge in [0.2, 0.25) is 0 Å². The summed E-state index contributed by atoms with van der Waals surface area (Å²) in [5, 5.41) is 6.43. The first kappa shape index (κ1) is 22.2. The molecule has 3 heterocycles. The molecule has 1 aromatic rings. The number of anilines is 1. The molecule has 0 bridgehead atoms. The van der Waals surface area contributed by atoms with E-state index < -0.39 is 10.2 Å². The van der Waals surface area contributed by atoms with Crippen LogP contribution < -0.4 is 5.01 Å². The lowest BCUT2D eigenvalue weighted by atomic mass is 10.1. The van der Waals surface area contributed by atoms with E-state index >= 15 is 0 Å². The number of ether oxygens (including phenoxy) is 1. The summed E-state index contributed by atoms with van der Waals surface area (Å²) in [6, 6.07) is 7.47. The van der Waals surface area contributed by atoms with Crippen LogP contribution in [0.1, 0.15) is 37.6 Å². The lowest BCUT2D eigenvalue weighted by molar-refractivity contribution is -0.0457. The van der Waals surface area contributed by atoms with Gasteiger partial charge < -0.3 is 9.64 Å². The molecule has 9 nitrogen and oxygen atoms in total. The van der Waals surface area contributed by atoms with Crippen molar-refractivity contribution in [2.45, 2.75) is 39.4 Å². The zero-order valence-corrected chi connectivity index (χ0v) is 19.2. The van der Waals surface area contributed by atoms with Gasteiger partial charge in [0.25, 0.3) is 16.1 Å². The molecular weight excluding hydrogens is 418 g/mol. The second kappa shape index (κ2) is 8.85. The number of rotatable bonds is 4. The SMILES string of the molecule is CC1=NN(c2ccc(C(=O)N3CCN(S(=O)(=O)N4CC(C)OC(C)C4)CC3)cc2)CC1. The minimum Gasteiger partial charge on any atom is -0.373 e. The second-order valence-electron chi connectivity index (χ2n) is 8.53. The molecular formula is C21H31N5O4S. The van der Waals surface area contributed by atoms with E-state index in [9.17, 15) is 13.2 Å². The summed E-state index contributed by atoms with van der Waals surface area (Å²) in [6.07, 6.45) is 0.704. The minimum absolute atomic E-state index is 0.0710. The van der Waals surface area contributed by atoms with Crippen molar-refractivity contribution in [3.05, 3.63) is 29.8 Å². The smallest absolute Gasteiger partial charge is 0.282 e. The highest BCUT2D eigenvalue weighted by atomic mass is 32.2. The van der Waals surface area contributed by atoms with Crippen molar-refractivity contribution >= 4 is 27.5 Å². The molecule has 3 aliphatic rings. The van der Waals surface area contributed by atoms with Crippen molar-refractivity contribution in [3.63, 3.8) is 0 Å². The number of amides is 1. The average molecular weight is 450 g/mol. The Bertz CT molecular complexity index is 931. The lowest BCUT2D eigenvalue weighted by Crippen LogP contribution is -2.57. The monoisotopic (exact) mass is 449 g/mol. The molecule has 4 rings (SSSR count). The van der Waals surface area contributed by atoms with Crippen LogP contribution in [0.15, 0.2) is 29.4 Å². The predicted molar refractivity (Wildman–Crippen MR) is 119 cm³/mol. The predicted octanol–water partition coefficient (Wildman–Crippen LogP) is 1.38. The van der Waals surface area contributed by atoms with E-state index in [4.69, 9.17) is 4.74 Å². The van der Waals surface area contributed by atoms with Crippen LogP contribution in [0, 0.1) is 0 Å². The number of piperazine rings is 1. The van der Waals surface area contributed by atoms with E-state index in [2.05, 4.69) is 5.10 Å². The van der Waals surface area contributed by atoms with Gasteiger partial charge in [0, 0.05) is 63.5 Å². The molecule has 1 aromatic carbocycles. The highest BCUT2D eigenvalue weighted by Crippen LogP contribution is 2.22. The van der Waals surface area contributed by atoms with E-state index in [0.29, 0.717) is 44.8 Å². The fraction of sp³-hybridized carbons (Fsp3) is 0.619. The van der Waals surface area contributed by atoms with Crippen LogP contribution in [0.2, 0.25) is 0 Å². The number of morpholine rings is 1. The van der Waals surface area contributed by atoms with Crippen molar-refractivity contribution < 1.29 is 17.9 Å². The molecule has 31 heavy (non-hydrogen) atoms. The minimum atomic E-state index is -3.55. The standard InChI is InChI=1S/C21H31N5O4S/c1-16-8-9-26(22-16)20-6-4-19(5-7-20)21(27)23-10-12-24(13-11-23)31(28,29)25-14-17(2)30-18(3)15-25/h4-7,17-18H,8-15H2,1-3H3. The number of hydrazone groups is 1. The van der Waals surface area contributed by atoms with E-state index in [1.807, 2.05) is 50.0 Å². The lowest BCUT2D eigenvalue weighted by Gasteiger charge is -2.40. The highest BCUT2D eigenvalue weighted by molar-refractivity contribution is 7.86. The maximum absolute atomic E-state index is 13.0. The fourth-order valence-electron chi connectivity index (χ4n) is 4.32. The largest absolute Gasteiger partial charge is 0.373 e. The summed E-state index contributed by atoms with van der Waals surface area (Å²) >= 11 is 0. The first-order valence-electron chi connectivity index (χ1n) is 10.9. The Kier molecular flexibility index (Phi) is 6.34. The molecule has 2 unspecified atom stereocenters. The van der Waals surface area contributed by atoms with Gasteiger partial charge >= 0.3 is 0 Å². The highest BCUT2D eigenvalue weighted by Gasteiger charge is 2.37. The third-order valence-electron chi connectivity index (χ3n) is 5.95. The summed E-state index contributed by atoms with van der Waals surface area (Å²) < 4.78 is 34.7. The molecule has 0 aliphatic carbocycles. The van der Waals surface area contributed by atoms with Gasteiger partial charge in [0.15, 0.2) is 0 Å². The number of benzene rings is 1. The van der Waals surface area contributed by atoms with Crippen LogP contribution in [0.25, 0.3) is 0 Å². The number of hydrogen-bond acceptors (Lipinski definition) is 6. The van der Waals surface area contributed by atoms with Gasteiger partial charge in [-0.15, -0.1) is 0 Å². The number of carbonyl (C=O) groups excluding carboxylic acids is 1. The quantitative estimate of drug-likeness (QED) is 0.693.